The minimum atomic E-state index is -4.56. The highest BCUT2D eigenvalue weighted by Gasteiger charge is 2.43. The zero-order chi connectivity index (χ0) is 35.0. The molecule has 0 amide bonds. The molecule has 1 aliphatic carbocycles. The van der Waals surface area contributed by atoms with E-state index in [-0.39, 0.29) is 15.7 Å². The van der Waals surface area contributed by atoms with Gasteiger partial charge in [0.15, 0.2) is 5.71 Å². The summed E-state index contributed by atoms with van der Waals surface area (Å²) in [6.45, 7) is 12.3. The number of benzene rings is 3. The van der Waals surface area contributed by atoms with Crippen LogP contribution in [0.5, 0.6) is 5.75 Å². The third-order valence-corrected chi connectivity index (χ3v) is 11.3. The molecule has 3 aromatic rings. The van der Waals surface area contributed by atoms with E-state index in [1.54, 1.807) is 12.1 Å². The van der Waals surface area contributed by atoms with Gasteiger partial charge in [-0.3, -0.25) is 0 Å². The van der Waals surface area contributed by atoms with Gasteiger partial charge in [0.1, 0.15) is 28.7 Å². The highest BCUT2D eigenvalue weighted by atomic mass is 32.2. The second-order valence-electron chi connectivity index (χ2n) is 14.4. The van der Waals surface area contributed by atoms with E-state index in [0.29, 0.717) is 5.75 Å². The molecule has 7 heteroatoms. The Bertz CT molecular complexity index is 2010. The van der Waals surface area contributed by atoms with Gasteiger partial charge < -0.3 is 14.2 Å². The summed E-state index contributed by atoms with van der Waals surface area (Å²) in [7, 11) is -2.44. The van der Waals surface area contributed by atoms with Crippen molar-refractivity contribution in [3.63, 3.8) is 0 Å². The Labute approximate surface area is 292 Å². The molecule has 0 aromatic heterocycles. The van der Waals surface area contributed by atoms with Gasteiger partial charge in [0, 0.05) is 41.1 Å². The monoisotopic (exact) mass is 676 g/mol. The van der Waals surface area contributed by atoms with Crippen LogP contribution in [0.25, 0.3) is 0 Å². The molecule has 6 nitrogen and oxygen atoms in total. The number of fused-ring (bicyclic) bond motifs is 2. The van der Waals surface area contributed by atoms with E-state index in [1.165, 1.54) is 58.9 Å². The summed E-state index contributed by atoms with van der Waals surface area (Å²) in [4.78, 5) is 2.22. The van der Waals surface area contributed by atoms with Crippen LogP contribution < -0.4 is 9.64 Å². The third kappa shape index (κ3) is 6.71. The highest BCUT2D eigenvalue weighted by molar-refractivity contribution is 7.85. The third-order valence-electron chi connectivity index (χ3n) is 10.4. The molecule has 0 N–H and O–H groups in total. The van der Waals surface area contributed by atoms with Gasteiger partial charge in [0.05, 0.1) is 10.3 Å². The smallest absolute Gasteiger partial charge is 0.209 e. The predicted octanol–water partition coefficient (Wildman–Crippen LogP) is 9.47. The van der Waals surface area contributed by atoms with Gasteiger partial charge in [0.2, 0.25) is 5.69 Å². The SMILES string of the molecule is CCCCCN1/C(=C/C=C2\CCCC(/C=C/C3=[N+](C)c4ccccc4C3(C)C)=C2Oc2ccc(S(=O)(=O)[O-])cc2)C(C)(C)c2ccccc21. The molecule has 0 saturated carbocycles. The standard InChI is InChI=1S/C42H48N2O4S/c1-7-8-13-29-44-37-20-12-10-18-35(37)42(4,5)39(44)28-22-31-16-14-15-30(40(31)48-32-23-25-33(26-24-32)49(45,46)47)21-27-38-41(2,3)34-17-9-11-19-36(34)43(38)6/h9-12,17-28H,7-8,13-16,29H2,1-6H3. The summed E-state index contributed by atoms with van der Waals surface area (Å²) < 4.78 is 43.8. The van der Waals surface area contributed by atoms with Crippen LogP contribution in [0.15, 0.2) is 125 Å². The normalized spacial score (nSPS) is 20.1. The number of hydrogen-bond donors (Lipinski definition) is 0. The summed E-state index contributed by atoms with van der Waals surface area (Å²) >= 11 is 0. The van der Waals surface area contributed by atoms with Crippen LogP contribution in [-0.2, 0) is 20.9 Å². The Kier molecular flexibility index (Phi) is 9.62. The lowest BCUT2D eigenvalue weighted by Gasteiger charge is -2.27. The maximum atomic E-state index is 11.6. The van der Waals surface area contributed by atoms with Crippen molar-refractivity contribution in [2.24, 2.45) is 0 Å². The lowest BCUT2D eigenvalue weighted by Crippen LogP contribution is -2.27. The molecule has 3 aliphatic rings. The Morgan fingerprint density at radius 3 is 2.24 bits per heavy atom. The van der Waals surface area contributed by atoms with Crippen molar-refractivity contribution in [2.45, 2.75) is 88.9 Å². The molecule has 0 bridgehead atoms. The molecule has 0 fully saturated rings. The van der Waals surface area contributed by atoms with E-state index >= 15 is 0 Å². The zero-order valence-electron chi connectivity index (χ0n) is 29.6. The lowest BCUT2D eigenvalue weighted by molar-refractivity contribution is -0.401. The van der Waals surface area contributed by atoms with E-state index in [1.807, 2.05) is 0 Å². The number of anilines is 1. The van der Waals surface area contributed by atoms with Crippen LogP contribution in [0.2, 0.25) is 0 Å². The zero-order valence-corrected chi connectivity index (χ0v) is 30.4. The van der Waals surface area contributed by atoms with Crippen molar-refractivity contribution in [1.29, 1.82) is 0 Å². The van der Waals surface area contributed by atoms with E-state index in [4.69, 9.17) is 4.74 Å². The van der Waals surface area contributed by atoms with E-state index in [2.05, 4.69) is 124 Å². The van der Waals surface area contributed by atoms with Gasteiger partial charge >= 0.3 is 0 Å². The van der Waals surface area contributed by atoms with Crippen LogP contribution in [0.4, 0.5) is 11.4 Å². The van der Waals surface area contributed by atoms with E-state index in [9.17, 15) is 13.0 Å². The first kappa shape index (κ1) is 34.7. The first-order valence-corrected chi connectivity index (χ1v) is 18.9. The predicted molar refractivity (Wildman–Crippen MR) is 198 cm³/mol. The Morgan fingerprint density at radius 1 is 0.857 bits per heavy atom. The fourth-order valence-corrected chi connectivity index (χ4v) is 8.18. The molecular weight excluding hydrogens is 629 g/mol. The van der Waals surface area contributed by atoms with Gasteiger partial charge in [-0.1, -0.05) is 76.1 Å². The Balaban J connectivity index is 1.43. The molecule has 49 heavy (non-hydrogen) atoms. The maximum absolute atomic E-state index is 11.6. The van der Waals surface area contributed by atoms with Crippen LogP contribution in [0.3, 0.4) is 0 Å². The largest absolute Gasteiger partial charge is 0.744 e. The highest BCUT2D eigenvalue weighted by Crippen LogP contribution is 2.48. The van der Waals surface area contributed by atoms with Crippen molar-refractivity contribution in [1.82, 2.24) is 0 Å². The van der Waals surface area contributed by atoms with Crippen molar-refractivity contribution in [3.05, 3.63) is 131 Å². The van der Waals surface area contributed by atoms with Gasteiger partial charge in [-0.15, -0.1) is 0 Å². The molecule has 0 radical (unpaired) electrons. The molecular formula is C42H48N2O4S. The summed E-state index contributed by atoms with van der Waals surface area (Å²) in [5, 5.41) is 0. The number of hydrogen-bond acceptors (Lipinski definition) is 5. The Hall–Kier alpha value is -4.20. The molecule has 2 aliphatic heterocycles. The quantitative estimate of drug-likeness (QED) is 0.122. The van der Waals surface area contributed by atoms with Crippen molar-refractivity contribution >= 4 is 27.2 Å². The topological polar surface area (TPSA) is 72.7 Å². The molecule has 2 heterocycles. The fraction of sp³-hybridized carbons (Fsp3) is 0.357. The molecule has 3 aromatic carbocycles. The molecule has 0 saturated heterocycles. The molecule has 0 spiro atoms. The molecule has 6 rings (SSSR count). The van der Waals surface area contributed by atoms with Gasteiger partial charge in [-0.25, -0.2) is 8.42 Å². The average Bonchev–Trinajstić information content (AvgIpc) is 3.41. The minimum Gasteiger partial charge on any atom is -0.744 e. The minimum absolute atomic E-state index is 0.161. The number of unbranched alkanes of at least 4 members (excludes halogenated alkanes) is 2. The van der Waals surface area contributed by atoms with Crippen LogP contribution >= 0.6 is 0 Å². The lowest BCUT2D eigenvalue weighted by atomic mass is 9.81. The fourth-order valence-electron chi connectivity index (χ4n) is 7.71. The summed E-state index contributed by atoms with van der Waals surface area (Å²) in [6.07, 6.45) is 15.1. The summed E-state index contributed by atoms with van der Waals surface area (Å²) in [5.74, 6) is 1.27. The summed E-state index contributed by atoms with van der Waals surface area (Å²) in [5.41, 5.74) is 9.46. The first-order valence-electron chi connectivity index (χ1n) is 17.5. The van der Waals surface area contributed by atoms with Crippen LogP contribution in [-0.4, -0.2) is 36.9 Å². The average molecular weight is 677 g/mol. The number of ether oxygens (including phenoxy) is 1. The number of para-hydroxylation sites is 2. The van der Waals surface area contributed by atoms with Crippen molar-refractivity contribution in [3.8, 4) is 5.75 Å². The summed E-state index contributed by atoms with van der Waals surface area (Å²) in [6, 6.07) is 23.0. The van der Waals surface area contributed by atoms with E-state index < -0.39 is 10.1 Å². The molecule has 0 atom stereocenters. The van der Waals surface area contributed by atoms with Gasteiger partial charge in [-0.2, -0.15) is 4.58 Å². The van der Waals surface area contributed by atoms with Crippen LogP contribution in [0, 0.1) is 0 Å². The van der Waals surface area contributed by atoms with Crippen molar-refractivity contribution in [2.75, 3.05) is 18.5 Å². The van der Waals surface area contributed by atoms with Gasteiger partial charge in [0.25, 0.3) is 0 Å². The maximum Gasteiger partial charge on any atom is 0.209 e. The number of allylic oxidation sites excluding steroid dienone is 7. The number of nitrogens with zero attached hydrogens (tertiary/aromatic N) is 2. The first-order chi connectivity index (χ1) is 23.3. The molecule has 256 valence electrons. The van der Waals surface area contributed by atoms with Crippen LogP contribution in [0.1, 0.15) is 84.3 Å². The van der Waals surface area contributed by atoms with Crippen molar-refractivity contribution < 1.29 is 22.3 Å². The second kappa shape index (κ2) is 13.6. The molecule has 0 unspecified atom stereocenters. The van der Waals surface area contributed by atoms with Gasteiger partial charge in [-0.05, 0) is 98.7 Å². The Morgan fingerprint density at radius 2 is 1.55 bits per heavy atom. The van der Waals surface area contributed by atoms with E-state index in [0.717, 1.165) is 49.1 Å². The second-order valence-corrected chi connectivity index (χ2v) is 15.8. The number of rotatable bonds is 10.